The largest absolute Gasteiger partial charge is 0.466 e. The number of aliphatic hydroxyl groups is 1. The summed E-state index contributed by atoms with van der Waals surface area (Å²) in [6.07, 6.45) is -0.178. The number of carbonyl (C=O) groups excluding carboxylic acids is 3. The van der Waals surface area contributed by atoms with E-state index < -0.39 is 47.5 Å². The number of hydrogen-bond donors (Lipinski definition) is 2. The predicted octanol–water partition coefficient (Wildman–Crippen LogP) is 1.97. The molecule has 3 saturated heterocycles. The average molecular weight is 516 g/mol. The van der Waals surface area contributed by atoms with Crippen LogP contribution in [0.25, 0.3) is 0 Å². The molecule has 0 aromatic heterocycles. The van der Waals surface area contributed by atoms with Gasteiger partial charge in [0.25, 0.3) is 0 Å². The fourth-order valence-corrected chi connectivity index (χ4v) is 6.25. The molecule has 31 heavy (non-hydrogen) atoms. The molecule has 3 aliphatic rings. The summed E-state index contributed by atoms with van der Waals surface area (Å²) in [4.78, 5) is 40.9. The maximum absolute atomic E-state index is 13.5. The maximum Gasteiger partial charge on any atom is 0.312 e. The monoisotopic (exact) mass is 514 g/mol. The lowest BCUT2D eigenvalue weighted by molar-refractivity contribution is -0.155. The van der Waals surface area contributed by atoms with Crippen molar-refractivity contribution in [2.45, 2.75) is 48.9 Å². The summed E-state index contributed by atoms with van der Waals surface area (Å²) in [6.45, 7) is 3.21. The molecule has 7 atom stereocenters. The Labute approximate surface area is 193 Å². The normalized spacial score (nSPS) is 34.5. The van der Waals surface area contributed by atoms with Gasteiger partial charge in [-0.2, -0.15) is 0 Å². The second-order valence-electron chi connectivity index (χ2n) is 8.19. The number of rotatable bonds is 6. The van der Waals surface area contributed by atoms with Crippen LogP contribution >= 0.6 is 27.5 Å². The Hall–Kier alpha value is -1.68. The van der Waals surface area contributed by atoms with E-state index in [1.807, 2.05) is 0 Å². The average Bonchev–Trinajstić information content (AvgIpc) is 3.32. The summed E-state index contributed by atoms with van der Waals surface area (Å²) >= 11 is 9.50. The SMILES string of the molecule is CCOC(=O)[C@H]1[C@@H]2OC3(CC2Br)C(C(=O)Nc2ccc(Cl)cc2)N([C@H](C)CO)C(=O)[C@H]13. The van der Waals surface area contributed by atoms with Crippen molar-refractivity contribution >= 4 is 51.0 Å². The van der Waals surface area contributed by atoms with Crippen LogP contribution in [0.2, 0.25) is 5.02 Å². The molecule has 1 aromatic rings. The zero-order chi connectivity index (χ0) is 22.5. The second-order valence-corrected chi connectivity index (χ2v) is 9.80. The quantitative estimate of drug-likeness (QED) is 0.443. The van der Waals surface area contributed by atoms with Gasteiger partial charge in [-0.25, -0.2) is 0 Å². The molecule has 0 saturated carbocycles. The highest BCUT2D eigenvalue weighted by molar-refractivity contribution is 9.09. The number of likely N-dealkylation sites (tertiary alicyclic amines) is 1. The first-order valence-electron chi connectivity index (χ1n) is 10.2. The molecule has 1 aromatic carbocycles. The van der Waals surface area contributed by atoms with Crippen LogP contribution in [0.5, 0.6) is 0 Å². The van der Waals surface area contributed by atoms with Crippen molar-refractivity contribution < 1.29 is 29.0 Å². The van der Waals surface area contributed by atoms with Crippen LogP contribution in [0.1, 0.15) is 20.3 Å². The number of alkyl halides is 1. The summed E-state index contributed by atoms with van der Waals surface area (Å²) in [6, 6.07) is 4.98. The van der Waals surface area contributed by atoms with Crippen molar-refractivity contribution in [1.29, 1.82) is 0 Å². The molecule has 4 rings (SSSR count). The highest BCUT2D eigenvalue weighted by Gasteiger charge is 2.77. The molecule has 1 spiro atoms. The van der Waals surface area contributed by atoms with Crippen molar-refractivity contribution in [1.82, 2.24) is 4.90 Å². The predicted molar refractivity (Wildman–Crippen MR) is 116 cm³/mol. The second kappa shape index (κ2) is 8.35. The van der Waals surface area contributed by atoms with Crippen LogP contribution < -0.4 is 5.32 Å². The number of benzene rings is 1. The molecule has 8 nitrogen and oxygen atoms in total. The minimum atomic E-state index is -1.19. The van der Waals surface area contributed by atoms with Crippen LogP contribution in [-0.4, -0.2) is 69.6 Å². The Kier molecular flexibility index (Phi) is 6.06. The summed E-state index contributed by atoms with van der Waals surface area (Å²) < 4.78 is 11.5. The maximum atomic E-state index is 13.5. The third-order valence-electron chi connectivity index (χ3n) is 6.39. The molecule has 2 amide bonds. The van der Waals surface area contributed by atoms with E-state index in [1.54, 1.807) is 38.1 Å². The van der Waals surface area contributed by atoms with E-state index in [9.17, 15) is 19.5 Å². The number of carbonyl (C=O) groups is 3. The van der Waals surface area contributed by atoms with Gasteiger partial charge >= 0.3 is 5.97 Å². The number of hydrogen-bond acceptors (Lipinski definition) is 6. The van der Waals surface area contributed by atoms with E-state index in [0.717, 1.165) is 0 Å². The minimum Gasteiger partial charge on any atom is -0.466 e. The summed E-state index contributed by atoms with van der Waals surface area (Å²) in [5, 5.41) is 13.2. The molecular formula is C21H24BrClN2O6. The van der Waals surface area contributed by atoms with Gasteiger partial charge in [0.1, 0.15) is 11.6 Å². The van der Waals surface area contributed by atoms with Crippen LogP contribution in [-0.2, 0) is 23.9 Å². The van der Waals surface area contributed by atoms with Gasteiger partial charge in [0.15, 0.2) is 0 Å². The molecule has 2 N–H and O–H groups in total. The van der Waals surface area contributed by atoms with Gasteiger partial charge in [-0.3, -0.25) is 14.4 Å². The minimum absolute atomic E-state index is 0.181. The fraction of sp³-hybridized carbons (Fsp3) is 0.571. The Balaban J connectivity index is 1.73. The van der Waals surface area contributed by atoms with E-state index in [-0.39, 0.29) is 23.9 Å². The molecule has 3 aliphatic heterocycles. The molecule has 3 heterocycles. The van der Waals surface area contributed by atoms with Crippen LogP contribution in [0.15, 0.2) is 24.3 Å². The Bertz CT molecular complexity index is 898. The number of aliphatic hydroxyl groups excluding tert-OH is 1. The van der Waals surface area contributed by atoms with Gasteiger partial charge in [-0.15, -0.1) is 0 Å². The smallest absolute Gasteiger partial charge is 0.312 e. The van der Waals surface area contributed by atoms with Crippen LogP contribution in [0, 0.1) is 11.8 Å². The van der Waals surface area contributed by atoms with Crippen LogP contribution in [0.4, 0.5) is 5.69 Å². The first-order chi connectivity index (χ1) is 14.7. The Morgan fingerprint density at radius 3 is 2.71 bits per heavy atom. The molecule has 3 unspecified atom stereocenters. The molecular weight excluding hydrogens is 492 g/mol. The summed E-state index contributed by atoms with van der Waals surface area (Å²) in [5.41, 5.74) is -0.670. The first kappa shape index (κ1) is 22.5. The summed E-state index contributed by atoms with van der Waals surface area (Å²) in [7, 11) is 0. The number of amides is 2. The lowest BCUT2D eigenvalue weighted by Gasteiger charge is -2.35. The zero-order valence-electron chi connectivity index (χ0n) is 17.1. The molecule has 3 fully saturated rings. The molecule has 10 heteroatoms. The van der Waals surface area contributed by atoms with Gasteiger partial charge in [0, 0.05) is 15.5 Å². The zero-order valence-corrected chi connectivity index (χ0v) is 19.4. The topological polar surface area (TPSA) is 105 Å². The van der Waals surface area contributed by atoms with Crippen molar-refractivity contribution in [3.8, 4) is 0 Å². The third kappa shape index (κ3) is 3.46. The fourth-order valence-electron chi connectivity index (χ4n) is 5.18. The number of ether oxygens (including phenoxy) is 2. The van der Waals surface area contributed by atoms with Crippen molar-refractivity contribution in [3.05, 3.63) is 29.3 Å². The lowest BCUT2D eigenvalue weighted by Crippen LogP contribution is -2.56. The lowest BCUT2D eigenvalue weighted by atomic mass is 9.70. The van der Waals surface area contributed by atoms with Crippen molar-refractivity contribution in [2.75, 3.05) is 18.5 Å². The molecule has 2 bridgehead atoms. The van der Waals surface area contributed by atoms with Gasteiger partial charge in [-0.05, 0) is 44.5 Å². The first-order valence-corrected chi connectivity index (χ1v) is 11.5. The Morgan fingerprint density at radius 2 is 2.10 bits per heavy atom. The number of halogens is 2. The number of fused-ring (bicyclic) bond motifs is 1. The standard InChI is InChI=1S/C21H24BrClN2O6/c1-3-30-20(29)14-15-19(28)25(10(2)9-26)17(21(15)8-13(22)16(14)31-21)18(27)24-12-6-4-11(23)5-7-12/h4-7,10,13-17,26H,3,8-9H2,1-2H3,(H,24,27)/t10-,13?,14-,15+,16-,17?,21?/m1/s1. The van der Waals surface area contributed by atoms with E-state index in [4.69, 9.17) is 21.1 Å². The van der Waals surface area contributed by atoms with Gasteiger partial charge in [0.2, 0.25) is 11.8 Å². The number of nitrogens with one attached hydrogen (secondary N) is 1. The molecule has 0 aliphatic carbocycles. The van der Waals surface area contributed by atoms with Crippen molar-refractivity contribution in [2.24, 2.45) is 11.8 Å². The number of esters is 1. The van der Waals surface area contributed by atoms with Crippen molar-refractivity contribution in [3.63, 3.8) is 0 Å². The highest BCUT2D eigenvalue weighted by atomic mass is 79.9. The van der Waals surface area contributed by atoms with E-state index in [2.05, 4.69) is 21.2 Å². The number of nitrogens with zero attached hydrogens (tertiary/aromatic N) is 1. The van der Waals surface area contributed by atoms with Gasteiger partial charge in [0.05, 0.1) is 37.2 Å². The van der Waals surface area contributed by atoms with E-state index >= 15 is 0 Å². The van der Waals surface area contributed by atoms with E-state index in [0.29, 0.717) is 17.1 Å². The number of anilines is 1. The van der Waals surface area contributed by atoms with Crippen LogP contribution in [0.3, 0.4) is 0 Å². The van der Waals surface area contributed by atoms with E-state index in [1.165, 1.54) is 4.90 Å². The molecule has 0 radical (unpaired) electrons. The Morgan fingerprint density at radius 1 is 1.42 bits per heavy atom. The highest BCUT2D eigenvalue weighted by Crippen LogP contribution is 2.60. The third-order valence-corrected chi connectivity index (χ3v) is 7.48. The van der Waals surface area contributed by atoms with Gasteiger partial charge < -0.3 is 24.8 Å². The molecule has 168 valence electrons. The van der Waals surface area contributed by atoms with Gasteiger partial charge in [-0.1, -0.05) is 27.5 Å². The summed E-state index contributed by atoms with van der Waals surface area (Å²) in [5.74, 6) is -2.99.